The minimum Gasteiger partial charge on any atom is -0.464 e. The van der Waals surface area contributed by atoms with Crippen molar-refractivity contribution >= 4 is 39.0 Å². The molecule has 0 fully saturated rings. The largest absolute Gasteiger partial charge is 0.464 e. The summed E-state index contributed by atoms with van der Waals surface area (Å²) < 4.78 is 30.6. The van der Waals surface area contributed by atoms with Crippen LogP contribution in [0.3, 0.4) is 0 Å². The van der Waals surface area contributed by atoms with E-state index in [1.54, 1.807) is 6.07 Å². The van der Waals surface area contributed by atoms with E-state index in [1.807, 2.05) is 30.3 Å². The Morgan fingerprint density at radius 2 is 1.64 bits per heavy atom. The lowest BCUT2D eigenvalue weighted by molar-refractivity contribution is 0.0593. The highest BCUT2D eigenvalue weighted by atomic mass is 35.5. The van der Waals surface area contributed by atoms with Crippen molar-refractivity contribution in [2.24, 2.45) is 0 Å². The van der Waals surface area contributed by atoms with Crippen molar-refractivity contribution < 1.29 is 17.9 Å². The number of carbonyl (C=O) groups excluding carboxylic acids is 1. The van der Waals surface area contributed by atoms with Crippen LogP contribution in [-0.2, 0) is 20.3 Å². The van der Waals surface area contributed by atoms with Gasteiger partial charge in [-0.05, 0) is 29.8 Å². The van der Waals surface area contributed by atoms with E-state index in [2.05, 4.69) is 4.98 Å². The maximum Gasteiger partial charge on any atom is 0.356 e. The van der Waals surface area contributed by atoms with Crippen molar-refractivity contribution in [1.82, 2.24) is 4.98 Å². The van der Waals surface area contributed by atoms with Crippen LogP contribution in [0, 0.1) is 0 Å². The van der Waals surface area contributed by atoms with Crippen LogP contribution in [0.2, 0.25) is 10.0 Å². The average Bonchev–Trinajstić information content (AvgIpc) is 2.67. The second-order valence-corrected chi connectivity index (χ2v) is 8.82. The zero-order valence-corrected chi connectivity index (χ0v) is 17.1. The Bertz CT molecular complexity index is 1110. The summed E-state index contributed by atoms with van der Waals surface area (Å²) >= 11 is 11.9. The minimum atomic E-state index is -3.84. The first kappa shape index (κ1) is 20.3. The van der Waals surface area contributed by atoms with Gasteiger partial charge in [-0.15, -0.1) is 0 Å². The van der Waals surface area contributed by atoms with E-state index in [9.17, 15) is 13.2 Å². The van der Waals surface area contributed by atoms with Gasteiger partial charge in [0.25, 0.3) is 0 Å². The molecule has 0 bridgehead atoms. The summed E-state index contributed by atoms with van der Waals surface area (Å²) in [5.41, 5.74) is 1.70. The average molecular weight is 436 g/mol. The molecule has 0 saturated carbocycles. The Morgan fingerprint density at radius 3 is 2.25 bits per heavy atom. The number of sulfone groups is 1. The molecule has 8 heteroatoms. The van der Waals surface area contributed by atoms with Crippen LogP contribution in [0.1, 0.15) is 16.1 Å². The van der Waals surface area contributed by atoms with Crippen molar-refractivity contribution in [2.45, 2.75) is 10.6 Å². The van der Waals surface area contributed by atoms with Crippen LogP contribution in [0.15, 0.2) is 65.7 Å². The molecule has 0 aliphatic carbocycles. The van der Waals surface area contributed by atoms with Gasteiger partial charge in [0.15, 0.2) is 15.5 Å². The van der Waals surface area contributed by atoms with Gasteiger partial charge in [-0.25, -0.2) is 18.2 Å². The number of methoxy groups -OCH3 is 1. The number of esters is 1. The zero-order valence-electron chi connectivity index (χ0n) is 14.7. The molecule has 0 radical (unpaired) electrons. The number of hydrogen-bond acceptors (Lipinski definition) is 5. The van der Waals surface area contributed by atoms with E-state index in [0.717, 1.165) is 5.56 Å². The molecule has 3 rings (SSSR count). The Morgan fingerprint density at radius 1 is 1.00 bits per heavy atom. The fourth-order valence-corrected chi connectivity index (χ4v) is 4.75. The quantitative estimate of drug-likeness (QED) is 0.537. The third-order valence-corrected chi connectivity index (χ3v) is 6.07. The Kier molecular flexibility index (Phi) is 6.03. The highest BCUT2D eigenvalue weighted by Gasteiger charge is 2.23. The number of pyridine rings is 1. The number of halogens is 2. The molecule has 0 atom stereocenters. The van der Waals surface area contributed by atoms with Gasteiger partial charge >= 0.3 is 5.97 Å². The third kappa shape index (κ3) is 4.52. The molecule has 5 nitrogen and oxygen atoms in total. The number of ether oxygens (including phenoxy) is 1. The Hall–Kier alpha value is -2.41. The number of rotatable bonds is 5. The molecule has 28 heavy (non-hydrogen) atoms. The molecular formula is C20H15Cl2NO4S. The first-order chi connectivity index (χ1) is 13.3. The Balaban J connectivity index is 2.09. The maximum atomic E-state index is 12.9. The highest BCUT2D eigenvalue weighted by molar-refractivity contribution is 7.90. The van der Waals surface area contributed by atoms with Gasteiger partial charge in [-0.2, -0.15) is 0 Å². The van der Waals surface area contributed by atoms with Crippen molar-refractivity contribution in [1.29, 1.82) is 0 Å². The number of hydrogen-bond donors (Lipinski definition) is 0. The normalized spacial score (nSPS) is 11.2. The molecular weight excluding hydrogens is 421 g/mol. The van der Waals surface area contributed by atoms with Crippen LogP contribution in [0.5, 0.6) is 0 Å². The van der Waals surface area contributed by atoms with E-state index < -0.39 is 21.6 Å². The second-order valence-electron chi connectivity index (χ2n) is 5.95. The lowest BCUT2D eigenvalue weighted by atomic mass is 10.0. The zero-order chi connectivity index (χ0) is 20.3. The summed E-state index contributed by atoms with van der Waals surface area (Å²) in [6, 6.07) is 15.0. The molecule has 2 aromatic carbocycles. The maximum absolute atomic E-state index is 12.9. The van der Waals surface area contributed by atoms with E-state index in [1.165, 1.54) is 31.5 Å². The fraction of sp³-hybridized carbons (Fsp3) is 0.100. The topological polar surface area (TPSA) is 73.3 Å². The van der Waals surface area contributed by atoms with Crippen molar-refractivity contribution in [3.05, 3.63) is 82.1 Å². The van der Waals surface area contributed by atoms with Crippen molar-refractivity contribution in [3.63, 3.8) is 0 Å². The summed E-state index contributed by atoms with van der Waals surface area (Å²) in [6.45, 7) is 0. The molecule has 0 unspecified atom stereocenters. The molecule has 0 aliphatic rings. The number of benzene rings is 2. The first-order valence-corrected chi connectivity index (χ1v) is 10.5. The van der Waals surface area contributed by atoms with Gasteiger partial charge < -0.3 is 4.74 Å². The predicted octanol–water partition coefficient (Wildman–Crippen LogP) is 4.82. The number of carbonyl (C=O) groups is 1. The molecule has 0 amide bonds. The molecule has 1 aromatic heterocycles. The van der Waals surface area contributed by atoms with Gasteiger partial charge in [-0.3, -0.25) is 0 Å². The molecule has 0 spiro atoms. The Labute approximate surface area is 172 Å². The summed E-state index contributed by atoms with van der Waals surface area (Å²) in [5, 5.41) is 0.408. The standard InChI is InChI=1S/C20H15Cl2NO4S/c1-27-20(24)19-15(7-14(11-23-19)13-5-3-2-4-6-13)12-28(25,26)18-9-16(21)8-17(22)10-18/h2-11H,12H2,1H3. The van der Waals surface area contributed by atoms with Crippen molar-refractivity contribution in [2.75, 3.05) is 7.11 Å². The van der Waals surface area contributed by atoms with Gasteiger partial charge in [0, 0.05) is 27.4 Å². The smallest absolute Gasteiger partial charge is 0.356 e. The van der Waals surface area contributed by atoms with Crippen molar-refractivity contribution in [3.8, 4) is 11.1 Å². The molecule has 1 heterocycles. The summed E-state index contributed by atoms with van der Waals surface area (Å²) in [5.74, 6) is -1.17. The van der Waals surface area contributed by atoms with E-state index >= 15 is 0 Å². The lowest BCUT2D eigenvalue weighted by Gasteiger charge is -2.11. The minimum absolute atomic E-state index is 0.0362. The molecule has 0 N–H and O–H groups in total. The number of nitrogens with zero attached hydrogens (tertiary/aromatic N) is 1. The van der Waals surface area contributed by atoms with E-state index in [-0.39, 0.29) is 26.2 Å². The molecule has 0 saturated heterocycles. The molecule has 3 aromatic rings. The van der Waals surface area contributed by atoms with Gasteiger partial charge in [0.2, 0.25) is 0 Å². The van der Waals surface area contributed by atoms with E-state index in [0.29, 0.717) is 5.56 Å². The fourth-order valence-electron chi connectivity index (χ4n) is 2.69. The lowest BCUT2D eigenvalue weighted by Crippen LogP contribution is -2.13. The number of aromatic nitrogens is 1. The van der Waals surface area contributed by atoms with Crippen LogP contribution in [-0.4, -0.2) is 26.5 Å². The summed E-state index contributed by atoms with van der Waals surface area (Å²) in [4.78, 5) is 16.2. The van der Waals surface area contributed by atoms with Gasteiger partial charge in [0.1, 0.15) is 0 Å². The van der Waals surface area contributed by atoms with Gasteiger partial charge in [-0.1, -0.05) is 53.5 Å². The third-order valence-electron chi connectivity index (χ3n) is 3.99. The highest BCUT2D eigenvalue weighted by Crippen LogP contribution is 2.27. The second kappa shape index (κ2) is 8.31. The monoisotopic (exact) mass is 435 g/mol. The SMILES string of the molecule is COC(=O)c1ncc(-c2ccccc2)cc1CS(=O)(=O)c1cc(Cl)cc(Cl)c1. The van der Waals surface area contributed by atoms with Crippen LogP contribution >= 0.6 is 23.2 Å². The van der Waals surface area contributed by atoms with Crippen LogP contribution in [0.25, 0.3) is 11.1 Å². The van der Waals surface area contributed by atoms with Crippen LogP contribution < -0.4 is 0 Å². The van der Waals surface area contributed by atoms with E-state index in [4.69, 9.17) is 27.9 Å². The first-order valence-electron chi connectivity index (χ1n) is 8.11. The summed E-state index contributed by atoms with van der Waals surface area (Å²) in [6.07, 6.45) is 1.51. The molecule has 0 aliphatic heterocycles. The predicted molar refractivity (Wildman–Crippen MR) is 108 cm³/mol. The molecule has 144 valence electrons. The van der Waals surface area contributed by atoms with Crippen LogP contribution in [0.4, 0.5) is 0 Å². The summed E-state index contributed by atoms with van der Waals surface area (Å²) in [7, 11) is -2.63. The van der Waals surface area contributed by atoms with Gasteiger partial charge in [0.05, 0.1) is 17.8 Å².